The smallest absolute Gasteiger partial charge is 0.271 e. The fourth-order valence-electron chi connectivity index (χ4n) is 3.89. The van der Waals surface area contributed by atoms with E-state index in [-0.39, 0.29) is 28.6 Å². The Labute approximate surface area is 223 Å². The maximum atomic E-state index is 12.8. The third-order valence-corrected chi connectivity index (χ3v) is 6.14. The molecule has 0 bridgehead atoms. The van der Waals surface area contributed by atoms with E-state index in [1.54, 1.807) is 19.1 Å². The summed E-state index contributed by atoms with van der Waals surface area (Å²) in [6, 6.07) is 23.1. The predicted octanol–water partition coefficient (Wildman–Crippen LogP) is 6.84. The molecule has 0 atom stereocenters. The van der Waals surface area contributed by atoms with Crippen LogP contribution in [0.15, 0.2) is 78.4 Å². The second-order valence-electron chi connectivity index (χ2n) is 8.34. The van der Waals surface area contributed by atoms with Crippen LogP contribution in [0.3, 0.4) is 0 Å². The summed E-state index contributed by atoms with van der Waals surface area (Å²) in [5, 5.41) is 25.7. The van der Waals surface area contributed by atoms with Crippen LogP contribution >= 0.6 is 11.6 Å². The molecule has 8 nitrogen and oxygen atoms in total. The van der Waals surface area contributed by atoms with Gasteiger partial charge in [0.05, 0.1) is 22.7 Å². The van der Waals surface area contributed by atoms with E-state index in [2.05, 4.69) is 5.32 Å². The Morgan fingerprint density at radius 3 is 2.63 bits per heavy atom. The van der Waals surface area contributed by atoms with Crippen LogP contribution in [0.2, 0.25) is 5.02 Å². The molecule has 0 aliphatic heterocycles. The predicted molar refractivity (Wildman–Crippen MR) is 146 cm³/mol. The van der Waals surface area contributed by atoms with Gasteiger partial charge in [-0.3, -0.25) is 14.9 Å². The number of hydrogen-bond acceptors (Lipinski definition) is 6. The van der Waals surface area contributed by atoms with Crippen molar-refractivity contribution in [2.24, 2.45) is 0 Å². The summed E-state index contributed by atoms with van der Waals surface area (Å²) in [6.45, 7) is 1.94. The highest BCUT2D eigenvalue weighted by molar-refractivity contribution is 6.32. The largest absolute Gasteiger partial charge is 0.493 e. The number of rotatable bonds is 8. The normalized spacial score (nSPS) is 11.1. The highest BCUT2D eigenvalue weighted by Gasteiger charge is 2.17. The maximum absolute atomic E-state index is 12.8. The van der Waals surface area contributed by atoms with E-state index in [0.29, 0.717) is 22.6 Å². The molecule has 0 aliphatic rings. The molecule has 1 N–H and O–H groups in total. The number of hydrogen-bond donors (Lipinski definition) is 1. The van der Waals surface area contributed by atoms with Crippen LogP contribution in [0.5, 0.6) is 11.5 Å². The first-order valence-electron chi connectivity index (χ1n) is 11.5. The fourth-order valence-corrected chi connectivity index (χ4v) is 4.17. The van der Waals surface area contributed by atoms with Crippen LogP contribution in [-0.2, 0) is 11.4 Å². The SMILES string of the molecule is COc1cc(/C=C(\C#N)C(=O)Nc2cc([N+](=O)[O-])ccc2C)cc(Cl)c1OCc1cccc2ccccc12. The number of nitrogens with zero attached hydrogens (tertiary/aromatic N) is 2. The molecule has 0 heterocycles. The van der Waals surface area contributed by atoms with Gasteiger partial charge in [-0.05, 0) is 52.6 Å². The van der Waals surface area contributed by atoms with Crippen LogP contribution < -0.4 is 14.8 Å². The minimum absolute atomic E-state index is 0.177. The van der Waals surface area contributed by atoms with Crippen molar-refractivity contribution in [1.82, 2.24) is 0 Å². The first-order valence-corrected chi connectivity index (χ1v) is 11.8. The number of non-ortho nitro benzene ring substituents is 1. The molecule has 9 heteroatoms. The summed E-state index contributed by atoms with van der Waals surface area (Å²) < 4.78 is 11.5. The summed E-state index contributed by atoms with van der Waals surface area (Å²) in [4.78, 5) is 23.3. The second kappa shape index (κ2) is 11.5. The number of nitro groups is 1. The van der Waals surface area contributed by atoms with Crippen LogP contribution in [0.4, 0.5) is 11.4 Å². The van der Waals surface area contributed by atoms with Gasteiger partial charge in [-0.2, -0.15) is 5.26 Å². The third kappa shape index (κ3) is 5.75. The van der Waals surface area contributed by atoms with Gasteiger partial charge >= 0.3 is 0 Å². The zero-order chi connectivity index (χ0) is 27.2. The minimum atomic E-state index is -0.720. The summed E-state index contributed by atoms with van der Waals surface area (Å²) in [6.07, 6.45) is 1.35. The first-order chi connectivity index (χ1) is 18.3. The quantitative estimate of drug-likeness (QED) is 0.116. The number of nitro benzene ring substituents is 1. The number of nitrogens with one attached hydrogen (secondary N) is 1. The number of ether oxygens (including phenoxy) is 2. The Kier molecular flexibility index (Phi) is 7.90. The van der Waals surface area contributed by atoms with E-state index < -0.39 is 10.8 Å². The van der Waals surface area contributed by atoms with Crippen molar-refractivity contribution < 1.29 is 19.2 Å². The molecule has 38 heavy (non-hydrogen) atoms. The molecule has 4 aromatic carbocycles. The average molecular weight is 528 g/mol. The Balaban J connectivity index is 1.58. The standard InChI is InChI=1S/C29H22ClN3O5/c1-18-10-11-23(33(35)36)15-26(18)32-29(34)22(16-31)12-19-13-25(30)28(27(14-19)37-2)38-17-21-8-5-7-20-6-3-4-9-24(20)21/h3-15H,17H2,1-2H3,(H,32,34)/b22-12+. The lowest BCUT2D eigenvalue weighted by Gasteiger charge is -2.14. The topological polar surface area (TPSA) is 114 Å². The Hall–Kier alpha value is -4.87. The molecule has 4 rings (SSSR count). The van der Waals surface area contributed by atoms with Crippen LogP contribution in [-0.4, -0.2) is 17.9 Å². The fraction of sp³-hybridized carbons (Fsp3) is 0.103. The molecule has 0 unspecified atom stereocenters. The molecule has 0 spiro atoms. The van der Waals surface area contributed by atoms with Crippen molar-refractivity contribution in [3.63, 3.8) is 0 Å². The summed E-state index contributed by atoms with van der Waals surface area (Å²) in [5.41, 5.74) is 1.86. The number of anilines is 1. The summed E-state index contributed by atoms with van der Waals surface area (Å²) in [7, 11) is 1.47. The van der Waals surface area contributed by atoms with Crippen molar-refractivity contribution in [3.8, 4) is 17.6 Å². The van der Waals surface area contributed by atoms with Gasteiger partial charge in [0.2, 0.25) is 0 Å². The number of carbonyl (C=O) groups is 1. The molecule has 0 radical (unpaired) electrons. The molecule has 190 valence electrons. The molecular weight excluding hydrogens is 506 g/mol. The molecule has 0 fully saturated rings. The molecular formula is C29H22ClN3O5. The summed E-state index contributed by atoms with van der Waals surface area (Å²) in [5.74, 6) is -0.0619. The Morgan fingerprint density at radius 2 is 1.89 bits per heavy atom. The highest BCUT2D eigenvalue weighted by atomic mass is 35.5. The van der Waals surface area contributed by atoms with Crippen LogP contribution in [0.1, 0.15) is 16.7 Å². The molecule has 0 saturated carbocycles. The van der Waals surface area contributed by atoms with Crippen molar-refractivity contribution in [2.75, 3.05) is 12.4 Å². The Bertz CT molecular complexity index is 1620. The van der Waals surface area contributed by atoms with E-state index in [0.717, 1.165) is 16.3 Å². The number of benzene rings is 4. The van der Waals surface area contributed by atoms with Crippen LogP contribution in [0.25, 0.3) is 16.8 Å². The number of aryl methyl sites for hydroxylation is 1. The van der Waals surface area contributed by atoms with Crippen molar-refractivity contribution in [3.05, 3.63) is 110 Å². The average Bonchev–Trinajstić information content (AvgIpc) is 2.91. The molecule has 1 amide bonds. The van der Waals surface area contributed by atoms with E-state index in [1.165, 1.54) is 31.4 Å². The number of methoxy groups -OCH3 is 1. The van der Waals surface area contributed by atoms with E-state index >= 15 is 0 Å². The van der Waals surface area contributed by atoms with E-state index in [9.17, 15) is 20.2 Å². The van der Waals surface area contributed by atoms with Gasteiger partial charge in [-0.1, -0.05) is 60.1 Å². The van der Waals surface area contributed by atoms with Gasteiger partial charge in [0.1, 0.15) is 18.2 Å². The number of carbonyl (C=O) groups excluding carboxylic acids is 1. The zero-order valence-corrected chi connectivity index (χ0v) is 21.3. The van der Waals surface area contributed by atoms with Gasteiger partial charge in [0, 0.05) is 12.1 Å². The molecule has 0 aromatic heterocycles. The van der Waals surface area contributed by atoms with Crippen molar-refractivity contribution in [1.29, 1.82) is 5.26 Å². The number of nitriles is 1. The number of halogens is 1. The van der Waals surface area contributed by atoms with Crippen molar-refractivity contribution in [2.45, 2.75) is 13.5 Å². The molecule has 0 saturated heterocycles. The van der Waals surface area contributed by atoms with E-state index in [4.69, 9.17) is 21.1 Å². The summed E-state index contributed by atoms with van der Waals surface area (Å²) >= 11 is 6.52. The van der Waals surface area contributed by atoms with Gasteiger partial charge in [0.25, 0.3) is 11.6 Å². The first kappa shape index (κ1) is 26.2. The third-order valence-electron chi connectivity index (χ3n) is 5.86. The number of amides is 1. The molecule has 0 aliphatic carbocycles. The second-order valence-corrected chi connectivity index (χ2v) is 8.75. The minimum Gasteiger partial charge on any atom is -0.493 e. The number of fused-ring (bicyclic) bond motifs is 1. The zero-order valence-electron chi connectivity index (χ0n) is 20.5. The monoisotopic (exact) mass is 527 g/mol. The van der Waals surface area contributed by atoms with Gasteiger partial charge in [-0.25, -0.2) is 0 Å². The van der Waals surface area contributed by atoms with Crippen LogP contribution in [0, 0.1) is 28.4 Å². The lowest BCUT2D eigenvalue weighted by Crippen LogP contribution is -2.14. The van der Waals surface area contributed by atoms with Crippen molar-refractivity contribution >= 4 is 45.7 Å². The van der Waals surface area contributed by atoms with Gasteiger partial charge in [-0.15, -0.1) is 0 Å². The maximum Gasteiger partial charge on any atom is 0.271 e. The van der Waals surface area contributed by atoms with E-state index in [1.807, 2.05) is 48.5 Å². The Morgan fingerprint density at radius 1 is 1.13 bits per heavy atom. The van der Waals surface area contributed by atoms with Gasteiger partial charge in [0.15, 0.2) is 11.5 Å². The van der Waals surface area contributed by atoms with Gasteiger partial charge < -0.3 is 14.8 Å². The molecule has 4 aromatic rings. The highest BCUT2D eigenvalue weighted by Crippen LogP contribution is 2.38. The lowest BCUT2D eigenvalue weighted by molar-refractivity contribution is -0.384. The lowest BCUT2D eigenvalue weighted by atomic mass is 10.1.